The largest absolute Gasteiger partial charge is 0.495 e. The molecule has 7 heteroatoms. The zero-order valence-corrected chi connectivity index (χ0v) is 15.5. The molecule has 0 atom stereocenters. The molecule has 1 aromatic carbocycles. The van der Waals surface area contributed by atoms with Gasteiger partial charge >= 0.3 is 0 Å². The van der Waals surface area contributed by atoms with Crippen molar-refractivity contribution >= 4 is 28.8 Å². The van der Waals surface area contributed by atoms with Crippen LogP contribution in [-0.2, 0) is 0 Å². The van der Waals surface area contributed by atoms with Gasteiger partial charge in [0.1, 0.15) is 5.75 Å². The third kappa shape index (κ3) is 4.42. The van der Waals surface area contributed by atoms with Crippen molar-refractivity contribution in [3.8, 4) is 5.75 Å². The van der Waals surface area contributed by atoms with Gasteiger partial charge in [-0.2, -0.15) is 0 Å². The van der Waals surface area contributed by atoms with Gasteiger partial charge in [0, 0.05) is 17.6 Å². The Morgan fingerprint density at radius 3 is 2.58 bits per heavy atom. The molecule has 1 aromatic heterocycles. The monoisotopic (exact) mass is 373 g/mol. The molecule has 0 radical (unpaired) electrons. The molecule has 138 valence electrons. The van der Waals surface area contributed by atoms with Gasteiger partial charge in [0.2, 0.25) is 0 Å². The van der Waals surface area contributed by atoms with Crippen LogP contribution in [0.25, 0.3) is 0 Å². The predicted molar refractivity (Wildman–Crippen MR) is 103 cm³/mol. The standard InChI is InChI=1S/C19H23N3O3S/c1-25-16-9-4-12(18(23)21-14-7-5-13(20)6-8-14)11-15(16)22-19(24)17-3-2-10-26-17/h2-4,9-11,13-14H,5-8,20H2,1H3,(H,21,23)(H,22,24). The second-order valence-electron chi connectivity index (χ2n) is 6.43. The van der Waals surface area contributed by atoms with Gasteiger partial charge in [-0.1, -0.05) is 6.07 Å². The third-order valence-electron chi connectivity index (χ3n) is 4.56. The van der Waals surface area contributed by atoms with Gasteiger partial charge in [-0.05, 0) is 55.3 Å². The number of nitrogens with one attached hydrogen (secondary N) is 2. The van der Waals surface area contributed by atoms with Crippen LogP contribution in [0, 0.1) is 0 Å². The topological polar surface area (TPSA) is 93.4 Å². The lowest BCUT2D eigenvalue weighted by Gasteiger charge is -2.26. The Bertz CT molecular complexity index is 768. The van der Waals surface area contributed by atoms with Crippen LogP contribution in [0.15, 0.2) is 35.7 Å². The molecular formula is C19H23N3O3S. The van der Waals surface area contributed by atoms with Crippen molar-refractivity contribution < 1.29 is 14.3 Å². The lowest BCUT2D eigenvalue weighted by atomic mass is 9.91. The van der Waals surface area contributed by atoms with Crippen LogP contribution < -0.4 is 21.1 Å². The number of hydrogen-bond donors (Lipinski definition) is 3. The highest BCUT2D eigenvalue weighted by molar-refractivity contribution is 7.12. The summed E-state index contributed by atoms with van der Waals surface area (Å²) in [5, 5.41) is 7.71. The number of ether oxygens (including phenoxy) is 1. The summed E-state index contributed by atoms with van der Waals surface area (Å²) in [5.41, 5.74) is 6.88. The molecule has 1 aliphatic carbocycles. The maximum Gasteiger partial charge on any atom is 0.265 e. The van der Waals surface area contributed by atoms with E-state index < -0.39 is 0 Å². The summed E-state index contributed by atoms with van der Waals surface area (Å²) < 4.78 is 5.30. The predicted octanol–water partition coefficient (Wildman–Crippen LogP) is 3.01. The SMILES string of the molecule is COc1ccc(C(=O)NC2CCC(N)CC2)cc1NC(=O)c1cccs1. The molecule has 26 heavy (non-hydrogen) atoms. The Morgan fingerprint density at radius 1 is 1.15 bits per heavy atom. The Hall–Kier alpha value is -2.38. The number of amides is 2. The average molecular weight is 373 g/mol. The molecule has 3 rings (SSSR count). The van der Waals surface area contributed by atoms with E-state index in [0.29, 0.717) is 21.9 Å². The summed E-state index contributed by atoms with van der Waals surface area (Å²) in [6, 6.07) is 8.98. The van der Waals surface area contributed by atoms with Gasteiger partial charge < -0.3 is 21.1 Å². The quantitative estimate of drug-likeness (QED) is 0.751. The number of carbonyl (C=O) groups excluding carboxylic acids is 2. The molecule has 1 fully saturated rings. The van der Waals surface area contributed by atoms with Crippen molar-refractivity contribution in [2.24, 2.45) is 5.73 Å². The molecule has 2 aromatic rings. The lowest BCUT2D eigenvalue weighted by Crippen LogP contribution is -2.40. The van der Waals surface area contributed by atoms with E-state index in [4.69, 9.17) is 10.5 Å². The summed E-state index contributed by atoms with van der Waals surface area (Å²) in [5.74, 6) is 0.131. The zero-order chi connectivity index (χ0) is 18.5. The van der Waals surface area contributed by atoms with Crippen molar-refractivity contribution in [3.05, 3.63) is 46.2 Å². The van der Waals surface area contributed by atoms with E-state index in [2.05, 4.69) is 10.6 Å². The number of hydrogen-bond acceptors (Lipinski definition) is 5. The first kappa shape index (κ1) is 18.4. The molecule has 0 bridgehead atoms. The summed E-state index contributed by atoms with van der Waals surface area (Å²) in [6.45, 7) is 0. The Kier molecular flexibility index (Phi) is 5.90. The Morgan fingerprint density at radius 2 is 1.92 bits per heavy atom. The summed E-state index contributed by atoms with van der Waals surface area (Å²) in [7, 11) is 1.53. The molecule has 2 amide bonds. The van der Waals surface area contributed by atoms with Crippen molar-refractivity contribution in [3.63, 3.8) is 0 Å². The molecule has 4 N–H and O–H groups in total. The smallest absolute Gasteiger partial charge is 0.265 e. The van der Waals surface area contributed by atoms with E-state index in [0.717, 1.165) is 25.7 Å². The number of thiophene rings is 1. The highest BCUT2D eigenvalue weighted by atomic mass is 32.1. The minimum Gasteiger partial charge on any atom is -0.495 e. The normalized spacial score (nSPS) is 19.6. The number of anilines is 1. The number of nitrogens with two attached hydrogens (primary N) is 1. The maximum atomic E-state index is 12.6. The zero-order valence-electron chi connectivity index (χ0n) is 14.7. The van der Waals surface area contributed by atoms with Gasteiger partial charge in [0.25, 0.3) is 11.8 Å². The van der Waals surface area contributed by atoms with Gasteiger partial charge in [-0.25, -0.2) is 0 Å². The lowest BCUT2D eigenvalue weighted by molar-refractivity contribution is 0.0925. The van der Waals surface area contributed by atoms with Crippen LogP contribution in [-0.4, -0.2) is 31.0 Å². The first-order valence-corrected chi connectivity index (χ1v) is 9.54. The van der Waals surface area contributed by atoms with E-state index in [-0.39, 0.29) is 23.9 Å². The number of methoxy groups -OCH3 is 1. The Balaban J connectivity index is 1.72. The highest BCUT2D eigenvalue weighted by Gasteiger charge is 2.21. The molecule has 0 unspecified atom stereocenters. The minimum absolute atomic E-state index is 0.147. The molecule has 0 aliphatic heterocycles. The van der Waals surface area contributed by atoms with Crippen LogP contribution in [0.5, 0.6) is 5.75 Å². The van der Waals surface area contributed by atoms with Crippen molar-refractivity contribution in [2.75, 3.05) is 12.4 Å². The van der Waals surface area contributed by atoms with Crippen LogP contribution in [0.1, 0.15) is 45.7 Å². The maximum absolute atomic E-state index is 12.6. The van der Waals surface area contributed by atoms with Crippen LogP contribution in [0.3, 0.4) is 0 Å². The molecule has 1 saturated carbocycles. The first-order chi connectivity index (χ1) is 12.6. The second kappa shape index (κ2) is 8.33. The minimum atomic E-state index is -0.225. The van der Waals surface area contributed by atoms with E-state index >= 15 is 0 Å². The number of carbonyl (C=O) groups is 2. The van der Waals surface area contributed by atoms with Gasteiger partial charge in [-0.3, -0.25) is 9.59 Å². The van der Waals surface area contributed by atoms with E-state index in [1.165, 1.54) is 18.4 Å². The molecular weight excluding hydrogens is 350 g/mol. The molecule has 0 spiro atoms. The van der Waals surface area contributed by atoms with Crippen molar-refractivity contribution in [1.29, 1.82) is 0 Å². The number of rotatable bonds is 5. The molecule has 6 nitrogen and oxygen atoms in total. The first-order valence-electron chi connectivity index (χ1n) is 8.66. The average Bonchev–Trinajstić information content (AvgIpc) is 3.18. The van der Waals surface area contributed by atoms with Gasteiger partial charge in [-0.15, -0.1) is 11.3 Å². The van der Waals surface area contributed by atoms with Crippen LogP contribution in [0.2, 0.25) is 0 Å². The third-order valence-corrected chi connectivity index (χ3v) is 5.43. The van der Waals surface area contributed by atoms with Crippen molar-refractivity contribution in [1.82, 2.24) is 5.32 Å². The van der Waals surface area contributed by atoms with Crippen LogP contribution in [0.4, 0.5) is 5.69 Å². The van der Waals surface area contributed by atoms with E-state index in [9.17, 15) is 9.59 Å². The fraction of sp³-hybridized carbons (Fsp3) is 0.368. The fourth-order valence-electron chi connectivity index (χ4n) is 3.07. The van der Waals surface area contributed by atoms with Gasteiger partial charge in [0.05, 0.1) is 17.7 Å². The summed E-state index contributed by atoms with van der Waals surface area (Å²) in [6.07, 6.45) is 3.64. The molecule has 1 heterocycles. The molecule has 1 aliphatic rings. The van der Waals surface area contributed by atoms with Gasteiger partial charge in [0.15, 0.2) is 0 Å². The fourth-order valence-corrected chi connectivity index (χ4v) is 3.69. The number of benzene rings is 1. The van der Waals surface area contributed by atoms with E-state index in [1.54, 1.807) is 24.3 Å². The summed E-state index contributed by atoms with van der Waals surface area (Å²) >= 11 is 1.36. The van der Waals surface area contributed by atoms with E-state index in [1.807, 2.05) is 11.4 Å². The second-order valence-corrected chi connectivity index (χ2v) is 7.38. The summed E-state index contributed by atoms with van der Waals surface area (Å²) in [4.78, 5) is 25.5. The Labute approximate surface area is 156 Å². The van der Waals surface area contributed by atoms with Crippen LogP contribution >= 0.6 is 11.3 Å². The van der Waals surface area contributed by atoms with Crippen molar-refractivity contribution in [2.45, 2.75) is 37.8 Å². The molecule has 0 saturated heterocycles. The highest BCUT2D eigenvalue weighted by Crippen LogP contribution is 2.27.